The molecule has 0 bridgehead atoms. The van der Waals surface area contributed by atoms with Crippen LogP contribution in [0.3, 0.4) is 0 Å². The Kier molecular flexibility index (Phi) is 7.07. The van der Waals surface area contributed by atoms with E-state index in [-0.39, 0.29) is 11.7 Å². The van der Waals surface area contributed by atoms with Gasteiger partial charge >= 0.3 is 5.97 Å². The third-order valence-corrected chi connectivity index (χ3v) is 4.87. The highest BCUT2D eigenvalue weighted by Crippen LogP contribution is 2.18. The summed E-state index contributed by atoms with van der Waals surface area (Å²) in [6.07, 6.45) is 1.61. The number of fused-ring (bicyclic) bond motifs is 1. The summed E-state index contributed by atoms with van der Waals surface area (Å²) in [6, 6.07) is 13.2. The lowest BCUT2D eigenvalue weighted by Gasteiger charge is -2.20. The van der Waals surface area contributed by atoms with Crippen LogP contribution in [0.25, 0.3) is 10.9 Å². The molecule has 0 aliphatic rings. The number of H-pyrrole nitrogens is 1. The highest BCUT2D eigenvalue weighted by molar-refractivity contribution is 6.09. The second-order valence-corrected chi connectivity index (χ2v) is 7.43. The highest BCUT2D eigenvalue weighted by atomic mass is 16.5. The summed E-state index contributed by atoms with van der Waals surface area (Å²) in [7, 11) is 0. The van der Waals surface area contributed by atoms with Gasteiger partial charge < -0.3 is 19.8 Å². The van der Waals surface area contributed by atoms with Crippen molar-refractivity contribution in [2.45, 2.75) is 26.8 Å². The van der Waals surface area contributed by atoms with Crippen molar-refractivity contribution in [3.05, 3.63) is 65.9 Å². The van der Waals surface area contributed by atoms with Crippen LogP contribution in [-0.2, 0) is 9.53 Å². The molecular weight excluding hydrogens is 396 g/mol. The van der Waals surface area contributed by atoms with Crippen LogP contribution in [0.2, 0.25) is 0 Å². The number of hydrogen-bond donors (Lipinski definition) is 2. The fourth-order valence-electron chi connectivity index (χ4n) is 3.20. The van der Waals surface area contributed by atoms with E-state index >= 15 is 0 Å². The van der Waals surface area contributed by atoms with Crippen molar-refractivity contribution in [3.8, 4) is 5.75 Å². The molecule has 2 N–H and O–H groups in total. The normalized spacial score (nSPS) is 11.9. The number of ketones is 1. The monoisotopic (exact) mass is 422 g/mol. The third kappa shape index (κ3) is 5.31. The molecule has 0 aliphatic heterocycles. The maximum absolute atomic E-state index is 12.6. The van der Waals surface area contributed by atoms with Gasteiger partial charge in [-0.15, -0.1) is 0 Å². The molecule has 7 nitrogen and oxygen atoms in total. The summed E-state index contributed by atoms with van der Waals surface area (Å²) >= 11 is 0. The number of benzene rings is 2. The first kappa shape index (κ1) is 22.1. The summed E-state index contributed by atoms with van der Waals surface area (Å²) in [5, 5.41) is 3.47. The Bertz CT molecular complexity index is 1070. The number of rotatable bonds is 9. The third-order valence-electron chi connectivity index (χ3n) is 4.87. The van der Waals surface area contributed by atoms with Crippen molar-refractivity contribution in [1.29, 1.82) is 0 Å². The first-order valence-electron chi connectivity index (χ1n) is 10.2. The van der Waals surface area contributed by atoms with E-state index in [1.807, 2.05) is 31.2 Å². The molecule has 7 heteroatoms. The van der Waals surface area contributed by atoms with Gasteiger partial charge in [0.1, 0.15) is 11.8 Å². The van der Waals surface area contributed by atoms with Crippen molar-refractivity contribution in [2.24, 2.45) is 5.92 Å². The summed E-state index contributed by atoms with van der Waals surface area (Å²) in [4.78, 5) is 40.8. The van der Waals surface area contributed by atoms with E-state index in [2.05, 4.69) is 10.3 Å². The number of carbonyl (C=O) groups excluding carboxylic acids is 3. The van der Waals surface area contributed by atoms with Crippen LogP contribution in [0.4, 0.5) is 0 Å². The van der Waals surface area contributed by atoms with Crippen molar-refractivity contribution in [1.82, 2.24) is 10.3 Å². The lowest BCUT2D eigenvalue weighted by atomic mass is 10.0. The number of amides is 1. The fourth-order valence-corrected chi connectivity index (χ4v) is 3.20. The molecule has 3 aromatic rings. The number of carbonyl (C=O) groups is 3. The molecule has 2 aromatic carbocycles. The van der Waals surface area contributed by atoms with E-state index in [9.17, 15) is 14.4 Å². The molecular formula is C24H26N2O5. The van der Waals surface area contributed by atoms with Gasteiger partial charge in [-0.2, -0.15) is 0 Å². The van der Waals surface area contributed by atoms with Crippen LogP contribution in [0.1, 0.15) is 41.5 Å². The predicted octanol–water partition coefficient (Wildman–Crippen LogP) is 3.75. The maximum atomic E-state index is 12.6. The van der Waals surface area contributed by atoms with Crippen LogP contribution in [-0.4, -0.2) is 41.9 Å². The first-order chi connectivity index (χ1) is 14.9. The van der Waals surface area contributed by atoms with Crippen LogP contribution in [0.5, 0.6) is 5.75 Å². The summed E-state index contributed by atoms with van der Waals surface area (Å²) in [5.74, 6) is -0.924. The highest BCUT2D eigenvalue weighted by Gasteiger charge is 2.27. The zero-order chi connectivity index (χ0) is 22.4. The molecule has 0 spiro atoms. The molecule has 1 heterocycles. The lowest BCUT2D eigenvalue weighted by Crippen LogP contribution is -2.45. The second-order valence-electron chi connectivity index (χ2n) is 7.43. The van der Waals surface area contributed by atoms with Gasteiger partial charge in [0, 0.05) is 28.2 Å². The smallest absolute Gasteiger partial charge is 0.329 e. The number of ether oxygens (including phenoxy) is 2. The number of nitrogens with one attached hydrogen (secondary N) is 2. The van der Waals surface area contributed by atoms with Gasteiger partial charge in [0.15, 0.2) is 6.61 Å². The van der Waals surface area contributed by atoms with E-state index in [4.69, 9.17) is 9.47 Å². The average molecular weight is 422 g/mol. The van der Waals surface area contributed by atoms with E-state index in [0.29, 0.717) is 23.5 Å². The van der Waals surface area contributed by atoms with Gasteiger partial charge in [0.05, 0.1) is 6.61 Å². The minimum atomic E-state index is -0.880. The Hall–Kier alpha value is -3.61. The molecule has 0 aliphatic carbocycles. The summed E-state index contributed by atoms with van der Waals surface area (Å²) in [5.41, 5.74) is 1.69. The molecule has 0 saturated carbocycles. The first-order valence-corrected chi connectivity index (χ1v) is 10.2. The number of Topliss-reactive ketones (excluding diaryl/α,β-unsaturated/α-hetero) is 1. The largest absolute Gasteiger partial charge is 0.494 e. The Labute approximate surface area is 180 Å². The van der Waals surface area contributed by atoms with E-state index in [1.165, 1.54) is 0 Å². The Balaban J connectivity index is 1.62. The zero-order valence-electron chi connectivity index (χ0n) is 17.8. The van der Waals surface area contributed by atoms with Gasteiger partial charge in [0.2, 0.25) is 5.78 Å². The minimum absolute atomic E-state index is 0.220. The molecule has 0 unspecified atom stereocenters. The molecule has 31 heavy (non-hydrogen) atoms. The predicted molar refractivity (Wildman–Crippen MR) is 117 cm³/mol. The van der Waals surface area contributed by atoms with Gasteiger partial charge in [-0.3, -0.25) is 9.59 Å². The zero-order valence-corrected chi connectivity index (χ0v) is 17.8. The molecule has 0 saturated heterocycles. The minimum Gasteiger partial charge on any atom is -0.494 e. The van der Waals surface area contributed by atoms with Crippen molar-refractivity contribution in [3.63, 3.8) is 0 Å². The van der Waals surface area contributed by atoms with Crippen molar-refractivity contribution < 1.29 is 23.9 Å². The molecule has 0 radical (unpaired) electrons. The van der Waals surface area contributed by atoms with Crippen molar-refractivity contribution in [2.75, 3.05) is 13.2 Å². The van der Waals surface area contributed by atoms with E-state index in [0.717, 1.165) is 10.9 Å². The quantitative estimate of drug-likeness (QED) is 0.404. The van der Waals surface area contributed by atoms with Crippen LogP contribution < -0.4 is 10.1 Å². The second kappa shape index (κ2) is 9.93. The SMILES string of the molecule is CCOc1ccc(C(=O)N[C@H](C(=O)OCC(=O)c2c[nH]c3ccccc23)C(C)C)cc1. The topological polar surface area (TPSA) is 97.5 Å². The molecule has 1 atom stereocenters. The molecule has 3 rings (SSSR count). The number of aromatic amines is 1. The van der Waals surface area contributed by atoms with Gasteiger partial charge in [-0.05, 0) is 43.2 Å². The Morgan fingerprint density at radius 3 is 2.42 bits per heavy atom. The number of para-hydroxylation sites is 1. The van der Waals surface area contributed by atoms with Crippen molar-refractivity contribution >= 4 is 28.6 Å². The summed E-state index contributed by atoms with van der Waals surface area (Å²) < 4.78 is 10.6. The number of esters is 1. The lowest BCUT2D eigenvalue weighted by molar-refractivity contribution is -0.145. The van der Waals surface area contributed by atoms with Crippen LogP contribution >= 0.6 is 0 Å². The molecule has 162 valence electrons. The molecule has 1 amide bonds. The van der Waals surface area contributed by atoms with E-state index < -0.39 is 24.5 Å². The van der Waals surface area contributed by atoms with Crippen LogP contribution in [0.15, 0.2) is 54.7 Å². The number of aromatic nitrogens is 1. The molecule has 1 aromatic heterocycles. The van der Waals surface area contributed by atoms with Gasteiger partial charge in [0.25, 0.3) is 5.91 Å². The summed E-state index contributed by atoms with van der Waals surface area (Å²) in [6.45, 7) is 5.60. The average Bonchev–Trinajstić information content (AvgIpc) is 3.20. The number of hydrogen-bond acceptors (Lipinski definition) is 5. The Morgan fingerprint density at radius 1 is 1.03 bits per heavy atom. The fraction of sp³-hybridized carbons (Fsp3) is 0.292. The molecule has 0 fully saturated rings. The standard InChI is InChI=1S/C24H26N2O5/c1-4-30-17-11-9-16(10-12-17)23(28)26-22(15(2)3)24(29)31-14-21(27)19-13-25-20-8-6-5-7-18(19)20/h5-13,15,22,25H,4,14H2,1-3H3,(H,26,28)/t22-/m0/s1. The maximum Gasteiger partial charge on any atom is 0.329 e. The Morgan fingerprint density at radius 2 is 1.74 bits per heavy atom. The van der Waals surface area contributed by atoms with Gasteiger partial charge in [-0.1, -0.05) is 32.0 Å². The van der Waals surface area contributed by atoms with E-state index in [1.54, 1.807) is 44.3 Å². The van der Waals surface area contributed by atoms with Gasteiger partial charge in [-0.25, -0.2) is 4.79 Å². The van der Waals surface area contributed by atoms with Crippen LogP contribution in [0, 0.1) is 5.92 Å².